The second kappa shape index (κ2) is 9.57. The molecule has 0 atom stereocenters. The van der Waals surface area contributed by atoms with Gasteiger partial charge in [0, 0.05) is 44.6 Å². The lowest BCUT2D eigenvalue weighted by molar-refractivity contribution is -0.384. The molecule has 1 N–H and O–H groups in total. The van der Waals surface area contributed by atoms with Gasteiger partial charge in [0.05, 0.1) is 22.4 Å². The fourth-order valence-electron chi connectivity index (χ4n) is 3.12. The van der Waals surface area contributed by atoms with Gasteiger partial charge in [-0.2, -0.15) is 0 Å². The van der Waals surface area contributed by atoms with Gasteiger partial charge >= 0.3 is 0 Å². The molecule has 2 heterocycles. The summed E-state index contributed by atoms with van der Waals surface area (Å²) in [6, 6.07) is 7.19. The van der Waals surface area contributed by atoms with Gasteiger partial charge in [0.15, 0.2) is 5.65 Å². The highest BCUT2D eigenvalue weighted by Crippen LogP contribution is 2.26. The van der Waals surface area contributed by atoms with E-state index in [0.29, 0.717) is 34.6 Å². The van der Waals surface area contributed by atoms with Gasteiger partial charge in [-0.05, 0) is 19.9 Å². The fraction of sp³-hybridized carbons (Fsp3) is 0.409. The summed E-state index contributed by atoms with van der Waals surface area (Å²) >= 11 is 0. The Morgan fingerprint density at radius 1 is 1.31 bits per heavy atom. The molecule has 0 bridgehead atoms. The number of nitrogens with one attached hydrogen (secondary N) is 1. The number of rotatable bonds is 9. The molecule has 0 unspecified atom stereocenters. The molecule has 0 aliphatic rings. The van der Waals surface area contributed by atoms with Crippen LogP contribution in [0.4, 0.5) is 5.69 Å². The number of non-ortho nitro benzene ring substituents is 1. The van der Waals surface area contributed by atoms with Crippen molar-refractivity contribution >= 4 is 30.8 Å². The second-order valence-electron chi connectivity index (χ2n) is 9.22. The van der Waals surface area contributed by atoms with Crippen molar-refractivity contribution in [3.63, 3.8) is 0 Å². The van der Waals surface area contributed by atoms with Gasteiger partial charge in [0.2, 0.25) is 0 Å². The first kappa shape index (κ1) is 23.5. The molecule has 0 aliphatic heterocycles. The minimum atomic E-state index is -1.21. The lowest BCUT2D eigenvalue weighted by atomic mass is 10.1. The van der Waals surface area contributed by atoms with E-state index in [4.69, 9.17) is 4.74 Å². The molecular weight excluding hydrogens is 426 g/mol. The Hall–Kier alpha value is -3.11. The lowest BCUT2D eigenvalue weighted by Gasteiger charge is -2.15. The van der Waals surface area contributed by atoms with Gasteiger partial charge < -0.3 is 14.6 Å². The normalized spacial score (nSPS) is 11.8. The van der Waals surface area contributed by atoms with Gasteiger partial charge in [-0.15, -0.1) is 0 Å². The molecule has 0 saturated carbocycles. The highest BCUT2D eigenvalue weighted by Gasteiger charge is 2.20. The summed E-state index contributed by atoms with van der Waals surface area (Å²) < 4.78 is 7.63. The van der Waals surface area contributed by atoms with E-state index in [-0.39, 0.29) is 24.4 Å². The number of nitro groups is 1. The topological polar surface area (TPSA) is 112 Å². The Labute approximate surface area is 188 Å². The smallest absolute Gasteiger partial charge is 0.270 e. The van der Waals surface area contributed by atoms with E-state index in [2.05, 4.69) is 34.9 Å². The molecule has 3 aromatic rings. The minimum absolute atomic E-state index is 0.0319. The zero-order valence-electron chi connectivity index (χ0n) is 19.1. The van der Waals surface area contributed by atoms with E-state index >= 15 is 0 Å². The van der Waals surface area contributed by atoms with Crippen molar-refractivity contribution in [2.45, 2.75) is 52.3 Å². The molecule has 3 rings (SSSR count). The number of hydrogen-bond acceptors (Lipinski definition) is 6. The Balaban J connectivity index is 1.98. The predicted octanol–water partition coefficient (Wildman–Crippen LogP) is 4.46. The maximum absolute atomic E-state index is 12.8. The van der Waals surface area contributed by atoms with E-state index in [1.807, 2.05) is 13.8 Å². The summed E-state index contributed by atoms with van der Waals surface area (Å²) in [5, 5.41) is 14.0. The summed E-state index contributed by atoms with van der Waals surface area (Å²) in [4.78, 5) is 32.7. The molecule has 9 nitrogen and oxygen atoms in total. The average Bonchev–Trinajstić information content (AvgIpc) is 3.08. The highest BCUT2D eigenvalue weighted by molar-refractivity contribution is 6.76. The molecule has 1 amide bonds. The molecule has 1 aromatic carbocycles. The number of benzene rings is 1. The van der Waals surface area contributed by atoms with Gasteiger partial charge in [-0.25, -0.2) is 9.97 Å². The minimum Gasteiger partial charge on any atom is -0.361 e. The van der Waals surface area contributed by atoms with E-state index in [0.717, 1.165) is 6.04 Å². The van der Waals surface area contributed by atoms with Crippen LogP contribution in [-0.4, -0.2) is 46.1 Å². The average molecular weight is 456 g/mol. The van der Waals surface area contributed by atoms with Gasteiger partial charge in [0.1, 0.15) is 12.2 Å². The maximum Gasteiger partial charge on any atom is 0.270 e. The first-order valence-corrected chi connectivity index (χ1v) is 14.3. The third kappa shape index (κ3) is 5.77. The van der Waals surface area contributed by atoms with Crippen molar-refractivity contribution in [2.24, 2.45) is 0 Å². The van der Waals surface area contributed by atoms with Crippen molar-refractivity contribution in [1.82, 2.24) is 19.9 Å². The molecule has 10 heteroatoms. The molecule has 0 aliphatic carbocycles. The number of aromatic nitrogens is 3. The van der Waals surface area contributed by atoms with Crippen molar-refractivity contribution < 1.29 is 14.5 Å². The number of hydrogen-bond donors (Lipinski definition) is 1. The molecule has 2 aromatic heterocycles. The first-order valence-electron chi connectivity index (χ1n) is 10.5. The summed E-state index contributed by atoms with van der Waals surface area (Å²) in [6.07, 6.45) is 3.26. The molecular formula is C22H29N5O4Si. The zero-order valence-corrected chi connectivity index (χ0v) is 20.1. The third-order valence-electron chi connectivity index (χ3n) is 4.81. The lowest BCUT2D eigenvalue weighted by Crippen LogP contribution is -2.30. The largest absolute Gasteiger partial charge is 0.361 e. The van der Waals surface area contributed by atoms with E-state index in [9.17, 15) is 14.9 Å². The third-order valence-corrected chi connectivity index (χ3v) is 6.51. The van der Waals surface area contributed by atoms with Crippen LogP contribution in [0.5, 0.6) is 0 Å². The number of amides is 1. The quantitative estimate of drug-likeness (QED) is 0.221. The molecule has 0 fully saturated rings. The van der Waals surface area contributed by atoms with Gasteiger partial charge in [0.25, 0.3) is 11.6 Å². The van der Waals surface area contributed by atoms with Crippen LogP contribution in [-0.2, 0) is 11.5 Å². The number of nitro benzene ring substituents is 1. The summed E-state index contributed by atoms with van der Waals surface area (Å²) in [5.41, 5.74) is 2.33. The number of nitrogens with zero attached hydrogens (tertiary/aromatic N) is 4. The molecule has 32 heavy (non-hydrogen) atoms. The maximum atomic E-state index is 12.8. The standard InChI is InChI=1S/C22H29N5O4Si/c1-15(2)24-22(28)18-13-26(14-31-9-10-32(3,4)5)21-20(18)25-19(12-23-21)16-7-6-8-17(11-16)27(29)30/h6-8,11-13,15H,9-10,14H2,1-5H3,(H,24,28). The summed E-state index contributed by atoms with van der Waals surface area (Å²) in [6.45, 7) is 11.5. The van der Waals surface area contributed by atoms with Crippen LogP contribution < -0.4 is 5.32 Å². The Morgan fingerprint density at radius 3 is 2.72 bits per heavy atom. The van der Waals surface area contributed by atoms with Crippen LogP contribution in [0, 0.1) is 10.1 Å². The highest BCUT2D eigenvalue weighted by atomic mass is 28.3. The van der Waals surface area contributed by atoms with Crippen LogP contribution >= 0.6 is 0 Å². The number of carbonyl (C=O) groups is 1. The zero-order chi connectivity index (χ0) is 23.5. The first-order chi connectivity index (χ1) is 15.0. The van der Waals surface area contributed by atoms with Crippen molar-refractivity contribution in [3.05, 3.63) is 52.3 Å². The Morgan fingerprint density at radius 2 is 2.06 bits per heavy atom. The number of fused-ring (bicyclic) bond motifs is 1. The molecule has 170 valence electrons. The van der Waals surface area contributed by atoms with Gasteiger partial charge in [-0.3, -0.25) is 14.9 Å². The van der Waals surface area contributed by atoms with Crippen LogP contribution in [0.1, 0.15) is 24.2 Å². The second-order valence-corrected chi connectivity index (χ2v) is 14.8. The summed E-state index contributed by atoms with van der Waals surface area (Å²) in [5.74, 6) is -0.253. The Bertz CT molecular complexity index is 1140. The predicted molar refractivity (Wildman–Crippen MR) is 126 cm³/mol. The van der Waals surface area contributed by atoms with Crippen LogP contribution in [0.3, 0.4) is 0 Å². The van der Waals surface area contributed by atoms with E-state index in [1.54, 1.807) is 29.1 Å². The molecule has 0 spiro atoms. The van der Waals surface area contributed by atoms with Crippen LogP contribution in [0.25, 0.3) is 22.4 Å². The van der Waals surface area contributed by atoms with Crippen molar-refractivity contribution in [3.8, 4) is 11.3 Å². The van der Waals surface area contributed by atoms with E-state index < -0.39 is 13.0 Å². The SMILES string of the molecule is CC(C)NC(=O)c1cn(COCC[Si](C)(C)C)c2ncc(-c3cccc([N+](=O)[O-])c3)nc12. The number of carbonyl (C=O) groups excluding carboxylic acids is 1. The van der Waals surface area contributed by atoms with Crippen molar-refractivity contribution in [2.75, 3.05) is 6.61 Å². The van der Waals surface area contributed by atoms with Gasteiger partial charge in [-0.1, -0.05) is 31.8 Å². The van der Waals surface area contributed by atoms with Crippen LogP contribution in [0.2, 0.25) is 25.7 Å². The number of ether oxygens (including phenoxy) is 1. The fourth-order valence-corrected chi connectivity index (χ4v) is 3.87. The summed E-state index contributed by atoms with van der Waals surface area (Å²) in [7, 11) is -1.21. The van der Waals surface area contributed by atoms with Crippen molar-refractivity contribution in [1.29, 1.82) is 0 Å². The molecule has 0 saturated heterocycles. The monoisotopic (exact) mass is 455 g/mol. The molecule has 0 radical (unpaired) electrons. The van der Waals surface area contributed by atoms with E-state index in [1.165, 1.54) is 12.1 Å². The van der Waals surface area contributed by atoms with Crippen LogP contribution in [0.15, 0.2) is 36.7 Å². The Kier molecular flexibility index (Phi) is 7.05.